The zero-order valence-corrected chi connectivity index (χ0v) is 13.4. The third kappa shape index (κ3) is 4.27. The van der Waals surface area contributed by atoms with E-state index in [4.69, 9.17) is 4.74 Å². The van der Waals surface area contributed by atoms with Crippen LogP contribution in [0.3, 0.4) is 0 Å². The normalized spacial score (nSPS) is 28.0. The van der Waals surface area contributed by atoms with Crippen LogP contribution in [-0.4, -0.2) is 24.8 Å². The maximum atomic E-state index is 12.0. The number of hydrogen-bond acceptors (Lipinski definition) is 3. The zero-order valence-electron chi connectivity index (χ0n) is 13.4. The van der Waals surface area contributed by atoms with Gasteiger partial charge in [0.1, 0.15) is 11.9 Å². The average molecular weight is 280 g/mol. The van der Waals surface area contributed by atoms with Crippen molar-refractivity contribution in [1.29, 1.82) is 0 Å². The van der Waals surface area contributed by atoms with Gasteiger partial charge in [-0.1, -0.05) is 25.5 Å². The Morgan fingerprint density at radius 2 is 2.05 bits per heavy atom. The van der Waals surface area contributed by atoms with Gasteiger partial charge in [0.25, 0.3) is 0 Å². The second kappa shape index (κ2) is 7.72. The minimum atomic E-state index is -0.451. The molecule has 1 saturated carbocycles. The first kappa shape index (κ1) is 17.1. The van der Waals surface area contributed by atoms with Gasteiger partial charge in [-0.3, -0.25) is 9.59 Å². The predicted molar refractivity (Wildman–Crippen MR) is 80.5 cm³/mol. The second-order valence-electron chi connectivity index (χ2n) is 6.32. The molecule has 114 valence electrons. The maximum absolute atomic E-state index is 12.0. The Labute approximate surface area is 122 Å². The molecule has 0 aromatic rings. The summed E-state index contributed by atoms with van der Waals surface area (Å²) in [5.41, 5.74) is 1.13. The Balaban J connectivity index is 2.91. The molecule has 1 aliphatic carbocycles. The summed E-state index contributed by atoms with van der Waals surface area (Å²) in [5.74, 6) is 0.806. The second-order valence-corrected chi connectivity index (χ2v) is 6.32. The molecule has 1 aliphatic rings. The fraction of sp³-hybridized carbons (Fsp3) is 0.765. The van der Waals surface area contributed by atoms with E-state index in [1.54, 1.807) is 14.0 Å². The molecule has 0 bridgehead atoms. The fourth-order valence-electron chi connectivity index (χ4n) is 3.10. The highest BCUT2D eigenvalue weighted by Crippen LogP contribution is 2.36. The largest absolute Gasteiger partial charge is 0.373 e. The Morgan fingerprint density at radius 1 is 1.40 bits per heavy atom. The molecular weight excluding hydrogens is 252 g/mol. The van der Waals surface area contributed by atoms with Crippen LogP contribution in [0.5, 0.6) is 0 Å². The quantitative estimate of drug-likeness (QED) is 0.699. The number of Topliss-reactive ketones (excluding diaryl/α,β-unsaturated/α-hetero) is 2. The van der Waals surface area contributed by atoms with Crippen LogP contribution in [0, 0.1) is 17.8 Å². The van der Waals surface area contributed by atoms with Gasteiger partial charge in [-0.05, 0) is 39.0 Å². The van der Waals surface area contributed by atoms with Crippen molar-refractivity contribution in [3.05, 3.63) is 11.6 Å². The number of allylic oxidation sites excluding steroid dienone is 1. The van der Waals surface area contributed by atoms with Crippen molar-refractivity contribution < 1.29 is 14.3 Å². The highest BCUT2D eigenvalue weighted by Gasteiger charge is 2.41. The number of carbonyl (C=O) groups is 2. The van der Waals surface area contributed by atoms with E-state index >= 15 is 0 Å². The molecule has 0 heterocycles. The fourth-order valence-corrected chi connectivity index (χ4v) is 3.10. The van der Waals surface area contributed by atoms with Gasteiger partial charge in [0, 0.05) is 25.4 Å². The van der Waals surface area contributed by atoms with Crippen LogP contribution < -0.4 is 0 Å². The smallest absolute Gasteiger partial charge is 0.162 e. The van der Waals surface area contributed by atoms with Crippen molar-refractivity contribution in [1.82, 2.24) is 0 Å². The first-order chi connectivity index (χ1) is 9.38. The molecule has 0 N–H and O–H groups in total. The molecule has 3 nitrogen and oxygen atoms in total. The lowest BCUT2D eigenvalue weighted by Crippen LogP contribution is -2.43. The lowest BCUT2D eigenvalue weighted by atomic mass is 9.71. The summed E-state index contributed by atoms with van der Waals surface area (Å²) >= 11 is 0. The highest BCUT2D eigenvalue weighted by molar-refractivity contribution is 5.89. The van der Waals surface area contributed by atoms with Gasteiger partial charge in [0.2, 0.25) is 0 Å². The summed E-state index contributed by atoms with van der Waals surface area (Å²) in [6, 6.07) is 0. The predicted octanol–water partition coefficient (Wildman–Crippen LogP) is 3.57. The van der Waals surface area contributed by atoms with E-state index in [1.807, 2.05) is 6.92 Å². The molecular formula is C17H28O3. The Morgan fingerprint density at radius 3 is 2.55 bits per heavy atom. The van der Waals surface area contributed by atoms with E-state index in [9.17, 15) is 9.59 Å². The van der Waals surface area contributed by atoms with E-state index < -0.39 is 6.10 Å². The molecule has 0 aromatic carbocycles. The summed E-state index contributed by atoms with van der Waals surface area (Å²) in [4.78, 5) is 23.9. The molecule has 20 heavy (non-hydrogen) atoms. The third-order valence-electron chi connectivity index (χ3n) is 4.29. The molecule has 0 unspecified atom stereocenters. The number of hydrogen-bond donors (Lipinski definition) is 0. The number of carbonyl (C=O) groups excluding carboxylic acids is 2. The van der Waals surface area contributed by atoms with E-state index in [-0.39, 0.29) is 23.4 Å². The van der Waals surface area contributed by atoms with Gasteiger partial charge >= 0.3 is 0 Å². The van der Waals surface area contributed by atoms with Crippen molar-refractivity contribution in [3.63, 3.8) is 0 Å². The van der Waals surface area contributed by atoms with Gasteiger partial charge in [-0.25, -0.2) is 0 Å². The Kier molecular flexibility index (Phi) is 6.60. The Bertz CT molecular complexity index is 380. The van der Waals surface area contributed by atoms with Gasteiger partial charge in [-0.15, -0.1) is 0 Å². The molecule has 3 atom stereocenters. The number of ether oxygens (including phenoxy) is 1. The van der Waals surface area contributed by atoms with Gasteiger partial charge in [0.15, 0.2) is 5.78 Å². The summed E-state index contributed by atoms with van der Waals surface area (Å²) in [6.45, 7) is 8.06. The lowest BCUT2D eigenvalue weighted by Gasteiger charge is -2.36. The monoisotopic (exact) mass is 280 g/mol. The molecule has 0 amide bonds. The van der Waals surface area contributed by atoms with Gasteiger partial charge in [-0.2, -0.15) is 0 Å². The minimum Gasteiger partial charge on any atom is -0.373 e. The molecule has 1 rings (SSSR count). The Hall–Kier alpha value is -0.960. The van der Waals surface area contributed by atoms with Crippen LogP contribution in [0.4, 0.5) is 0 Å². The molecule has 0 aromatic heterocycles. The first-order valence-electron chi connectivity index (χ1n) is 7.61. The molecule has 0 spiro atoms. The van der Waals surface area contributed by atoms with Gasteiger partial charge < -0.3 is 4.74 Å². The molecule has 3 heteroatoms. The van der Waals surface area contributed by atoms with Crippen LogP contribution >= 0.6 is 0 Å². The van der Waals surface area contributed by atoms with E-state index in [1.165, 1.54) is 0 Å². The lowest BCUT2D eigenvalue weighted by molar-refractivity contribution is -0.139. The topological polar surface area (TPSA) is 43.4 Å². The SMILES string of the molecule is CO[C@@H]1C(=O)CC[C@H](C(C)=O)[C@H]1/C(C)=C/CCC(C)C. The van der Waals surface area contributed by atoms with Crippen LogP contribution in [0.2, 0.25) is 0 Å². The van der Waals surface area contributed by atoms with Crippen molar-refractivity contribution in [2.45, 2.75) is 59.5 Å². The first-order valence-corrected chi connectivity index (χ1v) is 7.61. The summed E-state index contributed by atoms with van der Waals surface area (Å²) < 4.78 is 5.40. The zero-order chi connectivity index (χ0) is 15.3. The van der Waals surface area contributed by atoms with Crippen molar-refractivity contribution >= 4 is 11.6 Å². The van der Waals surface area contributed by atoms with Crippen molar-refractivity contribution in [2.75, 3.05) is 7.11 Å². The molecule has 0 saturated heterocycles. The highest BCUT2D eigenvalue weighted by atomic mass is 16.5. The average Bonchev–Trinajstić information content (AvgIpc) is 2.37. The maximum Gasteiger partial charge on any atom is 0.162 e. The van der Waals surface area contributed by atoms with Crippen molar-refractivity contribution in [2.24, 2.45) is 17.8 Å². The van der Waals surface area contributed by atoms with Crippen LogP contribution in [0.1, 0.15) is 53.4 Å². The standard InChI is InChI=1S/C17H28O3/c1-11(2)7-6-8-12(3)16-14(13(4)18)9-10-15(19)17(16)20-5/h8,11,14,16-17H,6-7,9-10H2,1-5H3/b12-8+/t14-,16-,17-/m1/s1. The van der Waals surface area contributed by atoms with E-state index in [2.05, 4.69) is 19.9 Å². The van der Waals surface area contributed by atoms with Crippen LogP contribution in [-0.2, 0) is 14.3 Å². The van der Waals surface area contributed by atoms with Gasteiger partial charge in [0.05, 0.1) is 0 Å². The minimum absolute atomic E-state index is 0.0760. The summed E-state index contributed by atoms with van der Waals surface area (Å²) in [6.07, 6.45) is 4.97. The van der Waals surface area contributed by atoms with E-state index in [0.29, 0.717) is 18.8 Å². The number of rotatable bonds is 6. The number of methoxy groups -OCH3 is 1. The molecule has 0 aliphatic heterocycles. The third-order valence-corrected chi connectivity index (χ3v) is 4.29. The number of ketones is 2. The van der Waals surface area contributed by atoms with E-state index in [0.717, 1.165) is 18.4 Å². The summed E-state index contributed by atoms with van der Waals surface area (Å²) in [5, 5.41) is 0. The molecule has 0 radical (unpaired) electrons. The van der Waals surface area contributed by atoms with Crippen molar-refractivity contribution in [3.8, 4) is 0 Å². The molecule has 1 fully saturated rings. The van der Waals surface area contributed by atoms with Crippen LogP contribution in [0.15, 0.2) is 11.6 Å². The summed E-state index contributed by atoms with van der Waals surface area (Å²) in [7, 11) is 1.57. The van der Waals surface area contributed by atoms with Crippen LogP contribution in [0.25, 0.3) is 0 Å².